The summed E-state index contributed by atoms with van der Waals surface area (Å²) in [6.07, 6.45) is 2.29. The van der Waals surface area contributed by atoms with Crippen molar-refractivity contribution in [2.75, 3.05) is 26.3 Å². The Hall–Kier alpha value is -1.17. The average Bonchev–Trinajstić information content (AvgIpc) is 3.18. The second-order valence-corrected chi connectivity index (χ2v) is 6.09. The maximum absolute atomic E-state index is 13.2. The molecule has 0 unspecified atom stereocenters. The molecule has 0 bridgehead atoms. The molecule has 5 heteroatoms. The maximum Gasteiger partial charge on any atom is 0.127 e. The zero-order chi connectivity index (χ0) is 13.7. The molecule has 4 nitrogen and oxygen atoms in total. The van der Waals surface area contributed by atoms with E-state index in [2.05, 4.69) is 4.90 Å². The summed E-state index contributed by atoms with van der Waals surface area (Å²) in [6, 6.07) is 4.64. The number of nitrogens with two attached hydrogens (primary N) is 1. The van der Waals surface area contributed by atoms with Crippen LogP contribution in [0.1, 0.15) is 24.4 Å². The van der Waals surface area contributed by atoms with E-state index in [1.807, 2.05) is 0 Å². The molecule has 1 saturated heterocycles. The number of ether oxygens (including phenoxy) is 2. The van der Waals surface area contributed by atoms with Gasteiger partial charge in [-0.15, -0.1) is 0 Å². The molecule has 1 aromatic carbocycles. The van der Waals surface area contributed by atoms with Gasteiger partial charge in [-0.3, -0.25) is 4.90 Å². The summed E-state index contributed by atoms with van der Waals surface area (Å²) in [4.78, 5) is 2.38. The predicted octanol–water partition coefficient (Wildman–Crippen LogP) is 1.45. The Morgan fingerprint density at radius 2 is 2.20 bits per heavy atom. The van der Waals surface area contributed by atoms with Gasteiger partial charge in [0.25, 0.3) is 0 Å². The van der Waals surface area contributed by atoms with Crippen LogP contribution in [0.15, 0.2) is 18.2 Å². The van der Waals surface area contributed by atoms with E-state index in [4.69, 9.17) is 15.2 Å². The molecule has 0 amide bonds. The van der Waals surface area contributed by atoms with Gasteiger partial charge in [0.1, 0.15) is 18.2 Å². The molecular weight excluding hydrogens is 259 g/mol. The molecule has 1 aliphatic carbocycles. The minimum Gasteiger partial charge on any atom is -0.491 e. The highest BCUT2D eigenvalue weighted by Gasteiger charge is 2.49. The number of morpholine rings is 1. The van der Waals surface area contributed by atoms with E-state index >= 15 is 0 Å². The summed E-state index contributed by atoms with van der Waals surface area (Å²) < 4.78 is 24.8. The van der Waals surface area contributed by atoms with Crippen molar-refractivity contribution in [2.24, 2.45) is 5.73 Å². The van der Waals surface area contributed by atoms with Crippen LogP contribution in [0.3, 0.4) is 0 Å². The van der Waals surface area contributed by atoms with Gasteiger partial charge in [0.05, 0.1) is 24.3 Å². The number of halogens is 1. The minimum absolute atomic E-state index is 0.0844. The fraction of sp³-hybridized carbons (Fsp3) is 0.600. The van der Waals surface area contributed by atoms with Crippen molar-refractivity contribution in [3.05, 3.63) is 29.6 Å². The van der Waals surface area contributed by atoms with Crippen molar-refractivity contribution in [2.45, 2.75) is 30.5 Å². The van der Waals surface area contributed by atoms with Gasteiger partial charge in [-0.05, 0) is 18.9 Å². The summed E-state index contributed by atoms with van der Waals surface area (Å²) >= 11 is 0. The van der Waals surface area contributed by atoms with Crippen molar-refractivity contribution in [3.8, 4) is 5.75 Å². The minimum atomic E-state index is -0.280. The van der Waals surface area contributed by atoms with Crippen LogP contribution in [0.2, 0.25) is 0 Å². The van der Waals surface area contributed by atoms with Gasteiger partial charge in [-0.25, -0.2) is 4.39 Å². The lowest BCUT2D eigenvalue weighted by Gasteiger charge is -2.43. The molecule has 2 heterocycles. The van der Waals surface area contributed by atoms with Gasteiger partial charge in [0, 0.05) is 24.7 Å². The Labute approximate surface area is 117 Å². The van der Waals surface area contributed by atoms with Crippen LogP contribution in [0, 0.1) is 5.82 Å². The first-order valence-corrected chi connectivity index (χ1v) is 7.23. The number of rotatable bonds is 1. The van der Waals surface area contributed by atoms with E-state index in [-0.39, 0.29) is 23.5 Å². The lowest BCUT2D eigenvalue weighted by atomic mass is 9.95. The Bertz CT molecular complexity index is 533. The molecule has 108 valence electrons. The van der Waals surface area contributed by atoms with Gasteiger partial charge in [0.15, 0.2) is 0 Å². The fourth-order valence-electron chi connectivity index (χ4n) is 3.33. The van der Waals surface area contributed by atoms with Crippen molar-refractivity contribution in [1.82, 2.24) is 4.90 Å². The lowest BCUT2D eigenvalue weighted by Crippen LogP contribution is -2.55. The van der Waals surface area contributed by atoms with Gasteiger partial charge < -0.3 is 15.2 Å². The first kappa shape index (κ1) is 12.6. The van der Waals surface area contributed by atoms with Crippen molar-refractivity contribution in [1.29, 1.82) is 0 Å². The quantitative estimate of drug-likeness (QED) is 0.844. The number of fused-ring (bicyclic) bond motifs is 1. The van der Waals surface area contributed by atoms with Gasteiger partial charge in [0.2, 0.25) is 0 Å². The Balaban J connectivity index is 1.57. The average molecular weight is 278 g/mol. The van der Waals surface area contributed by atoms with Crippen LogP contribution in [0.25, 0.3) is 0 Å². The van der Waals surface area contributed by atoms with Gasteiger partial charge in [-0.1, -0.05) is 6.07 Å². The summed E-state index contributed by atoms with van der Waals surface area (Å²) in [6.45, 7) is 3.11. The highest BCUT2D eigenvalue weighted by molar-refractivity contribution is 5.39. The zero-order valence-electron chi connectivity index (χ0n) is 11.3. The van der Waals surface area contributed by atoms with Crippen LogP contribution in [-0.2, 0) is 4.74 Å². The summed E-state index contributed by atoms with van der Waals surface area (Å²) in [5.74, 6) is 0.306. The van der Waals surface area contributed by atoms with E-state index in [0.29, 0.717) is 12.4 Å². The van der Waals surface area contributed by atoms with E-state index in [9.17, 15) is 4.39 Å². The second-order valence-electron chi connectivity index (χ2n) is 6.09. The zero-order valence-corrected chi connectivity index (χ0v) is 11.3. The van der Waals surface area contributed by atoms with Crippen LogP contribution in [0.4, 0.5) is 4.39 Å². The van der Waals surface area contributed by atoms with Crippen molar-refractivity contribution >= 4 is 0 Å². The third-order valence-corrected chi connectivity index (χ3v) is 4.71. The Kier molecular flexibility index (Phi) is 2.77. The number of hydrogen-bond acceptors (Lipinski definition) is 4. The molecule has 2 aliphatic heterocycles. The highest BCUT2D eigenvalue weighted by atomic mass is 19.1. The normalized spacial score (nSPS) is 31.7. The molecule has 1 spiro atoms. The molecule has 2 atom stereocenters. The third kappa shape index (κ3) is 2.01. The SMILES string of the molecule is N[C@H]1c2ccc(F)cc2OC[C@@H]1N1CCOC2(CC2)C1. The van der Waals surface area contributed by atoms with E-state index < -0.39 is 0 Å². The maximum atomic E-state index is 13.2. The third-order valence-electron chi connectivity index (χ3n) is 4.71. The van der Waals surface area contributed by atoms with Crippen LogP contribution < -0.4 is 10.5 Å². The largest absolute Gasteiger partial charge is 0.491 e. The first-order chi connectivity index (χ1) is 9.67. The van der Waals surface area contributed by atoms with E-state index in [0.717, 1.165) is 38.1 Å². The van der Waals surface area contributed by atoms with Gasteiger partial charge in [-0.2, -0.15) is 0 Å². The molecule has 1 aromatic rings. The molecule has 2 N–H and O–H groups in total. The second kappa shape index (κ2) is 4.41. The van der Waals surface area contributed by atoms with Gasteiger partial charge >= 0.3 is 0 Å². The van der Waals surface area contributed by atoms with Crippen LogP contribution in [0.5, 0.6) is 5.75 Å². The molecule has 4 rings (SSSR count). The number of benzene rings is 1. The molecule has 1 saturated carbocycles. The molecule has 0 radical (unpaired) electrons. The van der Waals surface area contributed by atoms with Crippen LogP contribution in [-0.4, -0.2) is 42.8 Å². The molecule has 20 heavy (non-hydrogen) atoms. The monoisotopic (exact) mass is 278 g/mol. The number of nitrogens with zero attached hydrogens (tertiary/aromatic N) is 1. The summed E-state index contributed by atoms with van der Waals surface area (Å²) in [5, 5.41) is 0. The lowest BCUT2D eigenvalue weighted by molar-refractivity contribution is -0.0707. The Morgan fingerprint density at radius 1 is 1.35 bits per heavy atom. The molecule has 0 aromatic heterocycles. The molecular formula is C15H19FN2O2. The smallest absolute Gasteiger partial charge is 0.127 e. The first-order valence-electron chi connectivity index (χ1n) is 7.23. The Morgan fingerprint density at radius 3 is 3.00 bits per heavy atom. The highest BCUT2D eigenvalue weighted by Crippen LogP contribution is 2.43. The fourth-order valence-corrected chi connectivity index (χ4v) is 3.33. The summed E-state index contributed by atoms with van der Waals surface area (Å²) in [5.41, 5.74) is 7.38. The molecule has 3 aliphatic rings. The number of hydrogen-bond donors (Lipinski definition) is 1. The van der Waals surface area contributed by atoms with E-state index in [1.54, 1.807) is 6.07 Å². The van der Waals surface area contributed by atoms with Crippen molar-refractivity contribution < 1.29 is 13.9 Å². The summed E-state index contributed by atoms with van der Waals surface area (Å²) in [7, 11) is 0. The van der Waals surface area contributed by atoms with Crippen molar-refractivity contribution in [3.63, 3.8) is 0 Å². The topological polar surface area (TPSA) is 47.7 Å². The standard InChI is InChI=1S/C15H19FN2O2/c16-10-1-2-11-13(7-10)19-8-12(14(11)17)18-5-6-20-15(9-18)3-4-15/h1-2,7,12,14H,3-6,8-9,17H2/t12-,14-/m0/s1. The van der Waals surface area contributed by atoms with E-state index in [1.165, 1.54) is 12.1 Å². The van der Waals surface area contributed by atoms with Crippen LogP contribution >= 0.6 is 0 Å². The molecule has 2 fully saturated rings. The predicted molar refractivity (Wildman–Crippen MR) is 72.1 cm³/mol.